The van der Waals surface area contributed by atoms with Crippen molar-refractivity contribution in [3.63, 3.8) is 0 Å². The Hall–Kier alpha value is -1.42. The molecule has 1 fully saturated rings. The van der Waals surface area contributed by atoms with Gasteiger partial charge in [-0.25, -0.2) is 0 Å². The summed E-state index contributed by atoms with van der Waals surface area (Å²) < 4.78 is 0. The largest absolute Gasteiger partial charge is 0.314 e. The summed E-state index contributed by atoms with van der Waals surface area (Å²) in [7, 11) is 0. The number of nitro groups is 1. The van der Waals surface area contributed by atoms with E-state index in [2.05, 4.69) is 12.2 Å². The molecular weight excluding hydrogens is 228 g/mol. The van der Waals surface area contributed by atoms with Gasteiger partial charge in [0.05, 0.1) is 4.92 Å². The average molecular weight is 248 g/mol. The molecule has 0 heterocycles. The van der Waals surface area contributed by atoms with Crippen LogP contribution in [0.15, 0.2) is 24.3 Å². The molecule has 1 unspecified atom stereocenters. The minimum absolute atomic E-state index is 0.171. The molecule has 4 nitrogen and oxygen atoms in total. The number of rotatable bonds is 7. The van der Waals surface area contributed by atoms with Crippen LogP contribution in [0.5, 0.6) is 0 Å². The fourth-order valence-electron chi connectivity index (χ4n) is 2.37. The zero-order chi connectivity index (χ0) is 13.0. The van der Waals surface area contributed by atoms with Gasteiger partial charge < -0.3 is 5.32 Å². The van der Waals surface area contributed by atoms with Crippen LogP contribution in [0.4, 0.5) is 5.69 Å². The highest BCUT2D eigenvalue weighted by atomic mass is 16.6. The van der Waals surface area contributed by atoms with E-state index in [1.54, 1.807) is 12.1 Å². The highest BCUT2D eigenvalue weighted by Crippen LogP contribution is 2.34. The molecule has 0 spiro atoms. The number of non-ortho nitro benzene ring substituents is 1. The van der Waals surface area contributed by atoms with Crippen LogP contribution in [0, 0.1) is 16.0 Å². The highest BCUT2D eigenvalue weighted by Gasteiger charge is 2.29. The number of nitrogens with zero attached hydrogens (tertiary/aromatic N) is 1. The summed E-state index contributed by atoms with van der Waals surface area (Å²) in [5.41, 5.74) is 1.35. The number of benzene rings is 1. The monoisotopic (exact) mass is 248 g/mol. The van der Waals surface area contributed by atoms with Gasteiger partial charge in [-0.15, -0.1) is 0 Å². The van der Waals surface area contributed by atoms with Crippen molar-refractivity contribution in [3.05, 3.63) is 39.9 Å². The van der Waals surface area contributed by atoms with Gasteiger partial charge in [0.15, 0.2) is 0 Å². The summed E-state index contributed by atoms with van der Waals surface area (Å²) in [5, 5.41) is 14.1. The molecule has 1 aliphatic rings. The van der Waals surface area contributed by atoms with Crippen LogP contribution in [-0.4, -0.2) is 17.5 Å². The van der Waals surface area contributed by atoms with Crippen LogP contribution in [-0.2, 0) is 6.42 Å². The molecule has 1 saturated carbocycles. The lowest BCUT2D eigenvalue weighted by Gasteiger charge is -2.16. The highest BCUT2D eigenvalue weighted by molar-refractivity contribution is 5.32. The van der Waals surface area contributed by atoms with Crippen LogP contribution < -0.4 is 5.32 Å². The predicted molar refractivity (Wildman–Crippen MR) is 71.6 cm³/mol. The minimum Gasteiger partial charge on any atom is -0.314 e. The Morgan fingerprint density at radius 1 is 1.39 bits per heavy atom. The lowest BCUT2D eigenvalue weighted by atomic mass is 10.0. The van der Waals surface area contributed by atoms with Gasteiger partial charge in [0.2, 0.25) is 0 Å². The quantitative estimate of drug-likeness (QED) is 0.596. The Bertz CT molecular complexity index is 399. The number of aryl methyl sites for hydroxylation is 1. The number of hydrogen-bond acceptors (Lipinski definition) is 3. The van der Waals surface area contributed by atoms with Crippen molar-refractivity contribution in [2.75, 3.05) is 6.54 Å². The third-order valence-corrected chi connectivity index (χ3v) is 3.55. The maximum atomic E-state index is 10.6. The molecule has 0 aromatic heterocycles. The molecule has 2 rings (SSSR count). The molecule has 0 bridgehead atoms. The Morgan fingerprint density at radius 2 is 2.06 bits per heavy atom. The Kier molecular flexibility index (Phi) is 4.31. The summed E-state index contributed by atoms with van der Waals surface area (Å²) in [5.74, 6) is 0.850. The lowest BCUT2D eigenvalue weighted by molar-refractivity contribution is -0.384. The molecule has 1 aromatic rings. The maximum Gasteiger partial charge on any atom is 0.269 e. The van der Waals surface area contributed by atoms with Gasteiger partial charge in [0.25, 0.3) is 5.69 Å². The molecular formula is C14H20N2O2. The number of nitrogens with one attached hydrogen (secondary N) is 1. The summed E-state index contributed by atoms with van der Waals surface area (Å²) in [6.45, 7) is 3.16. The molecule has 1 atom stereocenters. The van der Waals surface area contributed by atoms with E-state index in [-0.39, 0.29) is 10.6 Å². The second-order valence-corrected chi connectivity index (χ2v) is 4.96. The van der Waals surface area contributed by atoms with Crippen LogP contribution >= 0.6 is 0 Å². The summed E-state index contributed by atoms with van der Waals surface area (Å²) >= 11 is 0. The van der Waals surface area contributed by atoms with Crippen molar-refractivity contribution >= 4 is 5.69 Å². The van der Waals surface area contributed by atoms with Gasteiger partial charge in [0, 0.05) is 18.2 Å². The molecule has 18 heavy (non-hydrogen) atoms. The number of nitro benzene ring substituents is 1. The van der Waals surface area contributed by atoms with Crippen molar-refractivity contribution < 1.29 is 4.92 Å². The molecule has 0 radical (unpaired) electrons. The van der Waals surface area contributed by atoms with Gasteiger partial charge in [0.1, 0.15) is 0 Å². The zero-order valence-corrected chi connectivity index (χ0v) is 10.8. The van der Waals surface area contributed by atoms with E-state index in [1.807, 2.05) is 12.1 Å². The number of hydrogen-bond donors (Lipinski definition) is 1. The van der Waals surface area contributed by atoms with Gasteiger partial charge >= 0.3 is 0 Å². The topological polar surface area (TPSA) is 55.2 Å². The molecule has 1 aromatic carbocycles. The Labute approximate surface area is 108 Å². The van der Waals surface area contributed by atoms with E-state index in [4.69, 9.17) is 0 Å². The standard InChI is InChI=1S/C14H20N2O2/c1-2-15-14(12-6-7-12)10-5-11-3-8-13(9-4-11)16(17)18/h3-4,8-9,12,14-15H,2,5-7,10H2,1H3. The lowest BCUT2D eigenvalue weighted by Crippen LogP contribution is -2.31. The molecule has 1 N–H and O–H groups in total. The van der Waals surface area contributed by atoms with Crippen LogP contribution in [0.3, 0.4) is 0 Å². The van der Waals surface area contributed by atoms with Gasteiger partial charge in [-0.2, -0.15) is 0 Å². The first-order chi connectivity index (χ1) is 8.70. The van der Waals surface area contributed by atoms with E-state index < -0.39 is 0 Å². The van der Waals surface area contributed by atoms with Crippen molar-refractivity contribution in [3.8, 4) is 0 Å². The third-order valence-electron chi connectivity index (χ3n) is 3.55. The second-order valence-electron chi connectivity index (χ2n) is 4.96. The fourth-order valence-corrected chi connectivity index (χ4v) is 2.37. The first-order valence-corrected chi connectivity index (χ1v) is 6.67. The smallest absolute Gasteiger partial charge is 0.269 e. The summed E-state index contributed by atoms with van der Waals surface area (Å²) in [6.07, 6.45) is 4.80. The first-order valence-electron chi connectivity index (χ1n) is 6.67. The van der Waals surface area contributed by atoms with Crippen LogP contribution in [0.1, 0.15) is 31.7 Å². The zero-order valence-electron chi connectivity index (χ0n) is 10.8. The maximum absolute atomic E-state index is 10.6. The molecule has 0 amide bonds. The predicted octanol–water partition coefficient (Wildman–Crippen LogP) is 2.92. The Balaban J connectivity index is 1.86. The third kappa shape index (κ3) is 3.53. The SMILES string of the molecule is CCNC(CCc1ccc([N+](=O)[O-])cc1)C1CC1. The average Bonchev–Trinajstić information content (AvgIpc) is 3.19. The summed E-state index contributed by atoms with van der Waals surface area (Å²) in [6, 6.07) is 7.54. The van der Waals surface area contributed by atoms with Gasteiger partial charge in [-0.1, -0.05) is 19.1 Å². The molecule has 0 saturated heterocycles. The van der Waals surface area contributed by atoms with E-state index in [0.29, 0.717) is 6.04 Å². The second kappa shape index (κ2) is 5.96. The van der Waals surface area contributed by atoms with Gasteiger partial charge in [-0.3, -0.25) is 10.1 Å². The van der Waals surface area contributed by atoms with E-state index >= 15 is 0 Å². The molecule has 4 heteroatoms. The Morgan fingerprint density at radius 3 is 2.56 bits per heavy atom. The van der Waals surface area contributed by atoms with E-state index in [0.717, 1.165) is 25.3 Å². The van der Waals surface area contributed by atoms with E-state index in [1.165, 1.54) is 18.4 Å². The normalized spacial score (nSPS) is 16.5. The van der Waals surface area contributed by atoms with Crippen molar-refractivity contribution in [2.45, 2.75) is 38.6 Å². The van der Waals surface area contributed by atoms with Crippen LogP contribution in [0.2, 0.25) is 0 Å². The summed E-state index contributed by atoms with van der Waals surface area (Å²) in [4.78, 5) is 10.2. The van der Waals surface area contributed by atoms with Crippen molar-refractivity contribution in [2.24, 2.45) is 5.92 Å². The first kappa shape index (κ1) is 13.0. The van der Waals surface area contributed by atoms with Crippen molar-refractivity contribution in [1.29, 1.82) is 0 Å². The van der Waals surface area contributed by atoms with Crippen molar-refractivity contribution in [1.82, 2.24) is 5.32 Å². The van der Waals surface area contributed by atoms with Crippen LogP contribution in [0.25, 0.3) is 0 Å². The fraction of sp³-hybridized carbons (Fsp3) is 0.571. The molecule has 98 valence electrons. The minimum atomic E-state index is -0.352. The van der Waals surface area contributed by atoms with E-state index in [9.17, 15) is 10.1 Å². The molecule has 0 aliphatic heterocycles. The molecule has 1 aliphatic carbocycles. The van der Waals surface area contributed by atoms with Gasteiger partial charge in [-0.05, 0) is 43.7 Å².